The molecule has 0 aliphatic carbocycles. The van der Waals surface area contributed by atoms with Crippen molar-refractivity contribution >= 4 is 39.0 Å². The molecule has 4 nitrogen and oxygen atoms in total. The molecule has 100 valence electrons. The molecule has 1 atom stereocenters. The highest BCUT2D eigenvalue weighted by atomic mass is 79.9. The molecule has 0 unspecified atom stereocenters. The Labute approximate surface area is 123 Å². The Morgan fingerprint density at radius 2 is 2.32 bits per heavy atom. The highest BCUT2D eigenvalue weighted by molar-refractivity contribution is 9.10. The number of nitrogens with one attached hydrogen (secondary N) is 2. The number of aromatic nitrogens is 1. The lowest BCUT2D eigenvalue weighted by atomic mass is 10.1. The maximum atomic E-state index is 11.9. The fourth-order valence-corrected chi connectivity index (χ4v) is 2.69. The quantitative estimate of drug-likeness (QED) is 0.820. The van der Waals surface area contributed by atoms with E-state index in [9.17, 15) is 9.59 Å². The van der Waals surface area contributed by atoms with Crippen molar-refractivity contribution in [3.63, 3.8) is 0 Å². The van der Waals surface area contributed by atoms with Crippen LogP contribution in [0.4, 0.5) is 0 Å². The molecule has 0 radical (unpaired) electrons. The maximum Gasteiger partial charge on any atom is 0.267 e. The van der Waals surface area contributed by atoms with Crippen molar-refractivity contribution in [2.24, 2.45) is 0 Å². The third kappa shape index (κ3) is 3.78. The van der Waals surface area contributed by atoms with Gasteiger partial charge in [0.25, 0.3) is 5.91 Å². The summed E-state index contributed by atoms with van der Waals surface area (Å²) in [6.45, 7) is 1.82. The Morgan fingerprint density at radius 3 is 2.89 bits per heavy atom. The van der Waals surface area contributed by atoms with Crippen molar-refractivity contribution in [1.29, 1.82) is 0 Å². The molecular formula is C13H13BrN2O2S. The van der Waals surface area contributed by atoms with E-state index in [1.165, 1.54) is 11.3 Å². The monoisotopic (exact) mass is 340 g/mol. The van der Waals surface area contributed by atoms with Crippen molar-refractivity contribution < 1.29 is 9.59 Å². The highest BCUT2D eigenvalue weighted by Crippen LogP contribution is 2.13. The number of thiophene rings is 1. The van der Waals surface area contributed by atoms with Gasteiger partial charge in [0.15, 0.2) is 5.78 Å². The zero-order chi connectivity index (χ0) is 13.8. The van der Waals surface area contributed by atoms with E-state index in [1.54, 1.807) is 18.3 Å². The van der Waals surface area contributed by atoms with Gasteiger partial charge in [-0.1, -0.05) is 6.07 Å². The van der Waals surface area contributed by atoms with Crippen LogP contribution in [0.1, 0.15) is 33.5 Å². The molecule has 0 fully saturated rings. The van der Waals surface area contributed by atoms with Gasteiger partial charge in [-0.05, 0) is 40.4 Å². The third-order valence-corrected chi connectivity index (χ3v) is 3.93. The highest BCUT2D eigenvalue weighted by Gasteiger charge is 2.15. The first-order valence-corrected chi connectivity index (χ1v) is 7.45. The Balaban J connectivity index is 1.89. The van der Waals surface area contributed by atoms with Crippen molar-refractivity contribution in [3.05, 3.63) is 44.8 Å². The van der Waals surface area contributed by atoms with Gasteiger partial charge in [0, 0.05) is 23.1 Å². The molecule has 0 aliphatic rings. The molecule has 0 aliphatic heterocycles. The fraction of sp³-hybridized carbons (Fsp3) is 0.231. The summed E-state index contributed by atoms with van der Waals surface area (Å²) in [7, 11) is 0. The number of ketones is 1. The number of rotatable bonds is 5. The van der Waals surface area contributed by atoms with E-state index in [2.05, 4.69) is 26.2 Å². The molecule has 19 heavy (non-hydrogen) atoms. The standard InChI is InChI=1S/C13H13BrN2O2S/c1-8(5-11(17)12-3-2-4-19-12)16-13(18)10-6-9(14)7-15-10/h2-4,6-8,15H,5H2,1H3,(H,16,18)/t8-/m1/s1. The summed E-state index contributed by atoms with van der Waals surface area (Å²) in [6, 6.07) is 5.13. The van der Waals surface area contributed by atoms with Crippen molar-refractivity contribution in [3.8, 4) is 0 Å². The molecular weight excluding hydrogens is 328 g/mol. The second-order valence-corrected chi connectivity index (χ2v) is 6.07. The predicted octanol–water partition coefficient (Wildman–Crippen LogP) is 3.23. The van der Waals surface area contributed by atoms with Crippen LogP contribution in [0.25, 0.3) is 0 Å². The minimum Gasteiger partial charge on any atom is -0.356 e. The van der Waals surface area contributed by atoms with Crippen LogP contribution < -0.4 is 5.32 Å². The van der Waals surface area contributed by atoms with Gasteiger partial charge in [0.1, 0.15) is 5.69 Å². The van der Waals surface area contributed by atoms with Crippen molar-refractivity contribution in [2.45, 2.75) is 19.4 Å². The molecule has 2 rings (SSSR count). The number of amides is 1. The SMILES string of the molecule is C[C@H](CC(=O)c1cccs1)NC(=O)c1cc(Br)c[nH]1. The Hall–Kier alpha value is -1.40. The fourth-order valence-electron chi connectivity index (χ4n) is 1.67. The number of carbonyl (C=O) groups excluding carboxylic acids is 2. The van der Waals surface area contributed by atoms with E-state index in [-0.39, 0.29) is 17.7 Å². The lowest BCUT2D eigenvalue weighted by Gasteiger charge is -2.11. The molecule has 1 amide bonds. The van der Waals surface area contributed by atoms with Gasteiger partial charge >= 0.3 is 0 Å². The molecule has 0 saturated heterocycles. The van der Waals surface area contributed by atoms with E-state index < -0.39 is 0 Å². The number of halogens is 1. The molecule has 6 heteroatoms. The van der Waals surface area contributed by atoms with Crippen LogP contribution >= 0.6 is 27.3 Å². The summed E-state index contributed by atoms with van der Waals surface area (Å²) >= 11 is 4.69. The summed E-state index contributed by atoms with van der Waals surface area (Å²) in [6.07, 6.45) is 1.99. The largest absolute Gasteiger partial charge is 0.356 e. The first-order chi connectivity index (χ1) is 9.06. The Bertz CT molecular complexity index is 577. The zero-order valence-corrected chi connectivity index (χ0v) is 12.7. The number of Topliss-reactive ketones (excluding diaryl/α,β-unsaturated/α-hetero) is 1. The van der Waals surface area contributed by atoms with E-state index >= 15 is 0 Å². The minimum atomic E-state index is -0.211. The van der Waals surface area contributed by atoms with E-state index in [0.29, 0.717) is 12.1 Å². The summed E-state index contributed by atoms with van der Waals surface area (Å²) in [5.74, 6) is -0.160. The lowest BCUT2D eigenvalue weighted by molar-refractivity contribution is 0.0916. The maximum absolute atomic E-state index is 11.9. The third-order valence-electron chi connectivity index (χ3n) is 2.56. The molecule has 2 N–H and O–H groups in total. The second-order valence-electron chi connectivity index (χ2n) is 4.21. The van der Waals surface area contributed by atoms with Gasteiger partial charge in [-0.2, -0.15) is 0 Å². The predicted molar refractivity (Wildman–Crippen MR) is 78.7 cm³/mol. The molecule has 2 aromatic rings. The van der Waals surface area contributed by atoms with Gasteiger partial charge in [-0.15, -0.1) is 11.3 Å². The Morgan fingerprint density at radius 1 is 1.53 bits per heavy atom. The number of hydrogen-bond donors (Lipinski definition) is 2. The van der Waals surface area contributed by atoms with E-state index in [4.69, 9.17) is 0 Å². The summed E-state index contributed by atoms with van der Waals surface area (Å²) in [5, 5.41) is 4.66. The van der Waals surface area contributed by atoms with Crippen LogP contribution in [0.3, 0.4) is 0 Å². The summed E-state index contributed by atoms with van der Waals surface area (Å²) < 4.78 is 0.819. The first kappa shape index (κ1) is 14.0. The number of hydrogen-bond acceptors (Lipinski definition) is 3. The average molecular weight is 341 g/mol. The molecule has 0 bridgehead atoms. The van der Waals surface area contributed by atoms with Crippen LogP contribution in [-0.4, -0.2) is 22.7 Å². The second kappa shape index (κ2) is 6.16. The van der Waals surface area contributed by atoms with Crippen molar-refractivity contribution in [2.75, 3.05) is 0 Å². The molecule has 0 saturated carbocycles. The molecule has 2 heterocycles. The number of aromatic amines is 1. The number of H-pyrrole nitrogens is 1. The van der Waals surface area contributed by atoms with Gasteiger partial charge < -0.3 is 10.3 Å². The normalized spacial score (nSPS) is 12.1. The topological polar surface area (TPSA) is 62.0 Å². The molecule has 0 spiro atoms. The first-order valence-electron chi connectivity index (χ1n) is 5.77. The number of carbonyl (C=O) groups is 2. The van der Waals surface area contributed by atoms with Gasteiger partial charge in [0.05, 0.1) is 4.88 Å². The lowest BCUT2D eigenvalue weighted by Crippen LogP contribution is -2.34. The Kier molecular flexibility index (Phi) is 4.55. The van der Waals surface area contributed by atoms with Crippen molar-refractivity contribution in [1.82, 2.24) is 10.3 Å². The summed E-state index contributed by atoms with van der Waals surface area (Å²) in [4.78, 5) is 27.3. The zero-order valence-electron chi connectivity index (χ0n) is 10.3. The van der Waals surface area contributed by atoms with Gasteiger partial charge in [0.2, 0.25) is 0 Å². The molecule has 2 aromatic heterocycles. The van der Waals surface area contributed by atoms with Crippen LogP contribution in [0.15, 0.2) is 34.2 Å². The van der Waals surface area contributed by atoms with Gasteiger partial charge in [-0.3, -0.25) is 9.59 Å². The molecule has 0 aromatic carbocycles. The van der Waals surface area contributed by atoms with Gasteiger partial charge in [-0.25, -0.2) is 0 Å². The van der Waals surface area contributed by atoms with Crippen LogP contribution in [-0.2, 0) is 0 Å². The van der Waals surface area contributed by atoms with Crippen LogP contribution in [0.5, 0.6) is 0 Å². The minimum absolute atomic E-state index is 0.0514. The average Bonchev–Trinajstić information content (AvgIpc) is 2.98. The summed E-state index contributed by atoms with van der Waals surface area (Å²) in [5.41, 5.74) is 0.474. The van der Waals surface area contributed by atoms with Crippen LogP contribution in [0.2, 0.25) is 0 Å². The smallest absolute Gasteiger partial charge is 0.267 e. The van der Waals surface area contributed by atoms with E-state index in [0.717, 1.165) is 9.35 Å². The van der Waals surface area contributed by atoms with E-state index in [1.807, 2.05) is 18.4 Å². The van der Waals surface area contributed by atoms with Crippen LogP contribution in [0, 0.1) is 0 Å².